The van der Waals surface area contributed by atoms with E-state index < -0.39 is 0 Å². The van der Waals surface area contributed by atoms with Crippen molar-refractivity contribution in [2.45, 2.75) is 25.3 Å². The maximum Gasteiger partial charge on any atom is 0.123 e. The topological polar surface area (TPSA) is 12.0 Å². The maximum atomic E-state index is 13.1. The lowest BCUT2D eigenvalue weighted by molar-refractivity contribution is 0.535. The number of benzene rings is 2. The molecule has 3 heteroatoms. The molecule has 3 rings (SSSR count). The molecule has 0 heterocycles. The third-order valence-electron chi connectivity index (χ3n) is 3.84. The van der Waals surface area contributed by atoms with Gasteiger partial charge in [-0.3, -0.25) is 0 Å². The highest BCUT2D eigenvalue weighted by molar-refractivity contribution is 6.30. The summed E-state index contributed by atoms with van der Waals surface area (Å²) in [5.74, 6) is -0.162. The first-order valence-corrected chi connectivity index (χ1v) is 7.33. The van der Waals surface area contributed by atoms with Crippen LogP contribution in [-0.4, -0.2) is 12.6 Å². The van der Waals surface area contributed by atoms with Crippen molar-refractivity contribution in [1.29, 1.82) is 0 Å². The molecule has 20 heavy (non-hydrogen) atoms. The van der Waals surface area contributed by atoms with Gasteiger partial charge in [0.15, 0.2) is 0 Å². The molecule has 0 amide bonds. The summed E-state index contributed by atoms with van der Waals surface area (Å²) in [5.41, 5.74) is 3.77. The van der Waals surface area contributed by atoms with Gasteiger partial charge < -0.3 is 5.32 Å². The molecule has 1 nitrogen and oxygen atoms in total. The minimum absolute atomic E-state index is 0.162. The quantitative estimate of drug-likeness (QED) is 0.903. The van der Waals surface area contributed by atoms with Crippen molar-refractivity contribution in [2.75, 3.05) is 6.54 Å². The standard InChI is InChI=1S/C17H17ClFN/c18-15-5-4-13-10-17(11-14(13)9-15)20-7-6-12-2-1-3-16(19)8-12/h1-5,8-9,17,20H,6-7,10-11H2. The lowest BCUT2D eigenvalue weighted by Gasteiger charge is -2.11. The normalized spacial score (nSPS) is 17.2. The van der Waals surface area contributed by atoms with E-state index in [1.165, 1.54) is 17.2 Å². The van der Waals surface area contributed by atoms with Gasteiger partial charge in [-0.05, 0) is 66.8 Å². The second-order valence-corrected chi connectivity index (χ2v) is 5.79. The van der Waals surface area contributed by atoms with Gasteiger partial charge in [0.25, 0.3) is 0 Å². The fourth-order valence-electron chi connectivity index (χ4n) is 2.84. The molecule has 1 aliphatic carbocycles. The van der Waals surface area contributed by atoms with Crippen molar-refractivity contribution >= 4 is 11.6 Å². The molecule has 2 aromatic carbocycles. The summed E-state index contributed by atoms with van der Waals surface area (Å²) in [6.07, 6.45) is 2.93. The molecule has 0 saturated heterocycles. The Hall–Kier alpha value is -1.38. The average Bonchev–Trinajstić information content (AvgIpc) is 2.80. The van der Waals surface area contributed by atoms with E-state index in [2.05, 4.69) is 17.4 Å². The molecular weight excluding hydrogens is 273 g/mol. The van der Waals surface area contributed by atoms with Crippen LogP contribution in [0.3, 0.4) is 0 Å². The zero-order valence-electron chi connectivity index (χ0n) is 11.2. The fourth-order valence-corrected chi connectivity index (χ4v) is 3.04. The number of rotatable bonds is 4. The van der Waals surface area contributed by atoms with Crippen LogP contribution in [0.4, 0.5) is 4.39 Å². The highest BCUT2D eigenvalue weighted by Gasteiger charge is 2.20. The van der Waals surface area contributed by atoms with Gasteiger partial charge in [0.2, 0.25) is 0 Å². The van der Waals surface area contributed by atoms with Gasteiger partial charge in [-0.15, -0.1) is 0 Å². The molecule has 0 spiro atoms. The Bertz CT molecular complexity index is 612. The van der Waals surface area contributed by atoms with Crippen LogP contribution in [-0.2, 0) is 19.3 Å². The molecule has 1 unspecified atom stereocenters. The van der Waals surface area contributed by atoms with Crippen LogP contribution in [0.25, 0.3) is 0 Å². The van der Waals surface area contributed by atoms with Crippen LogP contribution in [0, 0.1) is 5.82 Å². The van der Waals surface area contributed by atoms with E-state index in [1.807, 2.05) is 12.1 Å². The monoisotopic (exact) mass is 289 g/mol. The Kier molecular flexibility index (Phi) is 4.04. The Labute approximate surface area is 123 Å². The van der Waals surface area contributed by atoms with Crippen LogP contribution >= 0.6 is 11.6 Å². The summed E-state index contributed by atoms with van der Waals surface area (Å²) in [4.78, 5) is 0. The van der Waals surface area contributed by atoms with Gasteiger partial charge in [0, 0.05) is 11.1 Å². The van der Waals surface area contributed by atoms with Gasteiger partial charge in [-0.25, -0.2) is 4.39 Å². The molecule has 1 atom stereocenters. The number of hydrogen-bond acceptors (Lipinski definition) is 1. The van der Waals surface area contributed by atoms with Gasteiger partial charge in [0.05, 0.1) is 0 Å². The number of hydrogen-bond donors (Lipinski definition) is 1. The molecule has 1 N–H and O–H groups in total. The zero-order valence-corrected chi connectivity index (χ0v) is 12.0. The first-order valence-electron chi connectivity index (χ1n) is 6.96. The van der Waals surface area contributed by atoms with E-state index in [0.717, 1.165) is 36.4 Å². The zero-order chi connectivity index (χ0) is 13.9. The summed E-state index contributed by atoms with van der Waals surface area (Å²) < 4.78 is 13.1. The molecule has 0 radical (unpaired) electrons. The Balaban J connectivity index is 1.51. The molecular formula is C17H17ClFN. The summed E-state index contributed by atoms with van der Waals surface area (Å²) >= 11 is 6.01. The molecule has 2 aromatic rings. The van der Waals surface area contributed by atoms with E-state index in [0.29, 0.717) is 6.04 Å². The first kappa shape index (κ1) is 13.6. The Morgan fingerprint density at radius 1 is 1.10 bits per heavy atom. The van der Waals surface area contributed by atoms with Gasteiger partial charge >= 0.3 is 0 Å². The van der Waals surface area contributed by atoms with E-state index in [4.69, 9.17) is 11.6 Å². The van der Waals surface area contributed by atoms with Crippen molar-refractivity contribution < 1.29 is 4.39 Å². The SMILES string of the molecule is Fc1cccc(CCNC2Cc3ccc(Cl)cc3C2)c1. The second-order valence-electron chi connectivity index (χ2n) is 5.35. The van der Waals surface area contributed by atoms with Gasteiger partial charge in [-0.2, -0.15) is 0 Å². The number of fused-ring (bicyclic) bond motifs is 1. The average molecular weight is 290 g/mol. The molecule has 0 saturated carbocycles. The molecule has 0 aromatic heterocycles. The molecule has 0 fully saturated rings. The lowest BCUT2D eigenvalue weighted by atomic mass is 10.1. The number of nitrogens with one attached hydrogen (secondary N) is 1. The van der Waals surface area contributed by atoms with E-state index in [-0.39, 0.29) is 5.82 Å². The number of halogens is 2. The maximum absolute atomic E-state index is 13.1. The highest BCUT2D eigenvalue weighted by Crippen LogP contribution is 2.25. The summed E-state index contributed by atoms with van der Waals surface area (Å²) in [6, 6.07) is 13.4. The minimum Gasteiger partial charge on any atom is -0.313 e. The van der Waals surface area contributed by atoms with Crippen LogP contribution in [0.1, 0.15) is 16.7 Å². The minimum atomic E-state index is -0.162. The van der Waals surface area contributed by atoms with E-state index in [1.54, 1.807) is 12.1 Å². The second kappa shape index (κ2) is 5.94. The van der Waals surface area contributed by atoms with Crippen molar-refractivity contribution in [3.63, 3.8) is 0 Å². The van der Waals surface area contributed by atoms with Crippen LogP contribution in [0.2, 0.25) is 5.02 Å². The largest absolute Gasteiger partial charge is 0.313 e. The highest BCUT2D eigenvalue weighted by atomic mass is 35.5. The molecule has 0 bridgehead atoms. The van der Waals surface area contributed by atoms with Crippen molar-refractivity contribution in [3.8, 4) is 0 Å². The third kappa shape index (κ3) is 3.20. The van der Waals surface area contributed by atoms with E-state index in [9.17, 15) is 4.39 Å². The molecule has 104 valence electrons. The first-order chi connectivity index (χ1) is 9.70. The predicted molar refractivity (Wildman–Crippen MR) is 80.8 cm³/mol. The summed E-state index contributed by atoms with van der Waals surface area (Å²) in [5, 5.41) is 4.36. The smallest absolute Gasteiger partial charge is 0.123 e. The van der Waals surface area contributed by atoms with Gasteiger partial charge in [-0.1, -0.05) is 29.8 Å². The van der Waals surface area contributed by atoms with Crippen LogP contribution < -0.4 is 5.32 Å². The molecule has 1 aliphatic rings. The van der Waals surface area contributed by atoms with Crippen molar-refractivity contribution in [2.24, 2.45) is 0 Å². The third-order valence-corrected chi connectivity index (χ3v) is 4.07. The van der Waals surface area contributed by atoms with Crippen LogP contribution in [0.15, 0.2) is 42.5 Å². The van der Waals surface area contributed by atoms with E-state index >= 15 is 0 Å². The van der Waals surface area contributed by atoms with Gasteiger partial charge in [0.1, 0.15) is 5.82 Å². The Morgan fingerprint density at radius 3 is 2.80 bits per heavy atom. The van der Waals surface area contributed by atoms with Crippen molar-refractivity contribution in [1.82, 2.24) is 5.32 Å². The van der Waals surface area contributed by atoms with Crippen molar-refractivity contribution in [3.05, 3.63) is 70.0 Å². The lowest BCUT2D eigenvalue weighted by Crippen LogP contribution is -2.31. The molecule has 0 aliphatic heterocycles. The van der Waals surface area contributed by atoms with Crippen LogP contribution in [0.5, 0.6) is 0 Å². The fraction of sp³-hybridized carbons (Fsp3) is 0.294. The summed E-state index contributed by atoms with van der Waals surface area (Å²) in [7, 11) is 0. The Morgan fingerprint density at radius 2 is 1.95 bits per heavy atom. The summed E-state index contributed by atoms with van der Waals surface area (Å²) in [6.45, 7) is 0.871. The predicted octanol–water partition coefficient (Wildman–Crippen LogP) is 3.78.